The van der Waals surface area contributed by atoms with E-state index in [2.05, 4.69) is 56.1 Å². The van der Waals surface area contributed by atoms with E-state index in [1.165, 1.54) is 11.1 Å². The molecule has 0 bridgehead atoms. The molecule has 0 spiro atoms. The summed E-state index contributed by atoms with van der Waals surface area (Å²) >= 11 is 7.02. The van der Waals surface area contributed by atoms with E-state index in [-0.39, 0.29) is 0 Å². The van der Waals surface area contributed by atoms with Crippen LogP contribution in [0.25, 0.3) is 0 Å². The Labute approximate surface area is 112 Å². The van der Waals surface area contributed by atoms with Crippen molar-refractivity contribution in [3.05, 3.63) is 58.5 Å². The lowest BCUT2D eigenvalue weighted by atomic mass is 9.95. The van der Waals surface area contributed by atoms with Crippen LogP contribution in [0.5, 0.6) is 0 Å². The fraction of sp³-hybridized carbons (Fsp3) is 0.231. The molecule has 1 heterocycles. The molecule has 2 aromatic rings. The second-order valence-corrected chi connectivity index (χ2v) is 5.30. The molecule has 0 saturated carbocycles. The maximum absolute atomic E-state index is 5.09. The number of furan rings is 1. The zero-order chi connectivity index (χ0) is 11.4. The van der Waals surface area contributed by atoms with Crippen LogP contribution >= 0.6 is 31.9 Å². The van der Waals surface area contributed by atoms with Crippen molar-refractivity contribution in [3.63, 3.8) is 0 Å². The lowest BCUT2D eigenvalue weighted by molar-refractivity contribution is 0.562. The van der Waals surface area contributed by atoms with Crippen LogP contribution in [0.15, 0.2) is 51.7 Å². The number of halogens is 2. The molecule has 3 heteroatoms. The van der Waals surface area contributed by atoms with Gasteiger partial charge >= 0.3 is 0 Å². The summed E-state index contributed by atoms with van der Waals surface area (Å²) in [5, 5.41) is 0.958. The zero-order valence-electron chi connectivity index (χ0n) is 8.70. The fourth-order valence-corrected chi connectivity index (χ4v) is 2.56. The van der Waals surface area contributed by atoms with Crippen molar-refractivity contribution < 1.29 is 4.42 Å². The first-order valence-corrected chi connectivity index (χ1v) is 7.03. The van der Waals surface area contributed by atoms with Gasteiger partial charge in [0.05, 0.1) is 12.5 Å². The van der Waals surface area contributed by atoms with E-state index < -0.39 is 0 Å². The minimum atomic E-state index is 0.491. The smallest absolute Gasteiger partial charge is 0.0934 e. The monoisotopic (exact) mass is 342 g/mol. The Morgan fingerprint density at radius 3 is 2.44 bits per heavy atom. The van der Waals surface area contributed by atoms with Gasteiger partial charge in [-0.2, -0.15) is 0 Å². The summed E-state index contributed by atoms with van der Waals surface area (Å²) in [4.78, 5) is 0. The first-order valence-electron chi connectivity index (χ1n) is 5.12. The highest BCUT2D eigenvalue weighted by Gasteiger charge is 2.11. The largest absolute Gasteiger partial charge is 0.472 e. The van der Waals surface area contributed by atoms with Gasteiger partial charge in [0.1, 0.15) is 0 Å². The zero-order valence-corrected chi connectivity index (χ0v) is 11.9. The van der Waals surface area contributed by atoms with E-state index in [1.54, 1.807) is 6.26 Å². The Kier molecular flexibility index (Phi) is 4.24. The van der Waals surface area contributed by atoms with Gasteiger partial charge in [0, 0.05) is 9.80 Å². The summed E-state index contributed by atoms with van der Waals surface area (Å²) in [7, 11) is 0. The van der Waals surface area contributed by atoms with Crippen LogP contribution < -0.4 is 0 Å². The predicted octanol–water partition coefficient (Wildman–Crippen LogP) is 4.76. The Morgan fingerprint density at radius 1 is 1.12 bits per heavy atom. The third-order valence-corrected chi connectivity index (χ3v) is 3.90. The van der Waals surface area contributed by atoms with Crippen LogP contribution in [-0.4, -0.2) is 5.33 Å². The lowest BCUT2D eigenvalue weighted by Crippen LogP contribution is -2.03. The highest BCUT2D eigenvalue weighted by Crippen LogP contribution is 2.24. The van der Waals surface area contributed by atoms with Gasteiger partial charge in [-0.1, -0.05) is 44.0 Å². The van der Waals surface area contributed by atoms with E-state index >= 15 is 0 Å². The molecule has 0 aliphatic heterocycles. The SMILES string of the molecule is BrCC(Cc1ccoc1)c1ccc(Br)cc1. The molecule has 1 unspecified atom stereocenters. The van der Waals surface area contributed by atoms with Crippen molar-refractivity contribution in [1.82, 2.24) is 0 Å². The maximum Gasteiger partial charge on any atom is 0.0934 e. The summed E-state index contributed by atoms with van der Waals surface area (Å²) in [6.07, 6.45) is 4.54. The van der Waals surface area contributed by atoms with E-state index in [1.807, 2.05) is 12.3 Å². The first-order chi connectivity index (χ1) is 7.79. The first kappa shape index (κ1) is 11.9. The second-order valence-electron chi connectivity index (χ2n) is 3.74. The molecule has 1 aromatic carbocycles. The summed E-state index contributed by atoms with van der Waals surface area (Å²) in [6.45, 7) is 0. The molecule has 16 heavy (non-hydrogen) atoms. The van der Waals surface area contributed by atoms with Gasteiger partial charge in [0.2, 0.25) is 0 Å². The summed E-state index contributed by atoms with van der Waals surface area (Å²) < 4.78 is 6.21. The number of alkyl halides is 1. The molecule has 1 nitrogen and oxygen atoms in total. The molecule has 0 fully saturated rings. The van der Waals surface area contributed by atoms with Gasteiger partial charge in [0.15, 0.2) is 0 Å². The van der Waals surface area contributed by atoms with E-state index in [9.17, 15) is 0 Å². The third kappa shape index (κ3) is 2.98. The summed E-state index contributed by atoms with van der Waals surface area (Å²) in [5.74, 6) is 0.491. The van der Waals surface area contributed by atoms with Crippen LogP contribution in [0.1, 0.15) is 17.0 Å². The van der Waals surface area contributed by atoms with Gasteiger partial charge in [-0.3, -0.25) is 0 Å². The standard InChI is InChI=1S/C13H12Br2O/c14-8-12(7-10-5-6-16-9-10)11-1-3-13(15)4-2-11/h1-6,9,12H,7-8H2. The average molecular weight is 344 g/mol. The summed E-state index contributed by atoms with van der Waals surface area (Å²) in [5.41, 5.74) is 2.59. The molecule has 0 aliphatic carbocycles. The van der Waals surface area contributed by atoms with E-state index in [0.717, 1.165) is 16.2 Å². The molecule has 84 valence electrons. The summed E-state index contributed by atoms with van der Waals surface area (Å²) in [6, 6.07) is 10.5. The fourth-order valence-electron chi connectivity index (χ4n) is 1.69. The Hall–Kier alpha value is -0.540. The quantitative estimate of drug-likeness (QED) is 0.729. The topological polar surface area (TPSA) is 13.1 Å². The Balaban J connectivity index is 2.13. The molecule has 0 aliphatic rings. The van der Waals surface area contributed by atoms with Gasteiger partial charge in [-0.05, 0) is 41.7 Å². The minimum absolute atomic E-state index is 0.491. The van der Waals surface area contributed by atoms with Gasteiger partial charge in [0.25, 0.3) is 0 Å². The van der Waals surface area contributed by atoms with Crippen LogP contribution in [0.2, 0.25) is 0 Å². The molecule has 1 atom stereocenters. The second kappa shape index (κ2) is 5.69. The Bertz CT molecular complexity index is 420. The molecular weight excluding hydrogens is 332 g/mol. The van der Waals surface area contributed by atoms with Crippen LogP contribution in [0.4, 0.5) is 0 Å². The minimum Gasteiger partial charge on any atom is -0.472 e. The molecule has 0 N–H and O–H groups in total. The van der Waals surface area contributed by atoms with Crippen molar-refractivity contribution >= 4 is 31.9 Å². The van der Waals surface area contributed by atoms with Gasteiger partial charge in [-0.15, -0.1) is 0 Å². The highest BCUT2D eigenvalue weighted by molar-refractivity contribution is 9.10. The van der Waals surface area contributed by atoms with Crippen LogP contribution in [-0.2, 0) is 6.42 Å². The van der Waals surface area contributed by atoms with Crippen molar-refractivity contribution in [1.29, 1.82) is 0 Å². The van der Waals surface area contributed by atoms with Gasteiger partial charge < -0.3 is 4.42 Å². The maximum atomic E-state index is 5.09. The van der Waals surface area contributed by atoms with Crippen LogP contribution in [0, 0.1) is 0 Å². The molecule has 0 saturated heterocycles. The lowest BCUT2D eigenvalue weighted by Gasteiger charge is -2.13. The molecule has 1 aromatic heterocycles. The van der Waals surface area contributed by atoms with Crippen LogP contribution in [0.3, 0.4) is 0 Å². The van der Waals surface area contributed by atoms with Gasteiger partial charge in [-0.25, -0.2) is 0 Å². The molecule has 0 radical (unpaired) electrons. The number of hydrogen-bond acceptors (Lipinski definition) is 1. The van der Waals surface area contributed by atoms with Crippen molar-refractivity contribution in [2.75, 3.05) is 5.33 Å². The molecular formula is C13H12Br2O. The Morgan fingerprint density at radius 2 is 1.88 bits per heavy atom. The van der Waals surface area contributed by atoms with E-state index in [4.69, 9.17) is 4.42 Å². The number of hydrogen-bond donors (Lipinski definition) is 0. The third-order valence-electron chi connectivity index (χ3n) is 2.59. The number of benzene rings is 1. The van der Waals surface area contributed by atoms with E-state index in [0.29, 0.717) is 5.92 Å². The molecule has 2 rings (SSSR count). The normalized spacial score (nSPS) is 12.6. The average Bonchev–Trinajstić information content (AvgIpc) is 2.80. The van der Waals surface area contributed by atoms with Crippen molar-refractivity contribution in [2.24, 2.45) is 0 Å². The number of rotatable bonds is 4. The van der Waals surface area contributed by atoms with Crippen molar-refractivity contribution in [3.8, 4) is 0 Å². The highest BCUT2D eigenvalue weighted by atomic mass is 79.9. The van der Waals surface area contributed by atoms with Crippen molar-refractivity contribution in [2.45, 2.75) is 12.3 Å². The molecule has 0 amide bonds. The predicted molar refractivity (Wildman–Crippen MR) is 73.1 cm³/mol.